The van der Waals surface area contributed by atoms with Crippen molar-refractivity contribution in [2.75, 3.05) is 13.2 Å². The first-order valence-corrected chi connectivity index (χ1v) is 7.79. The van der Waals surface area contributed by atoms with Gasteiger partial charge in [-0.05, 0) is 32.2 Å². The summed E-state index contributed by atoms with van der Waals surface area (Å²) in [6.45, 7) is 11.5. The Labute approximate surface area is 122 Å². The van der Waals surface area contributed by atoms with Gasteiger partial charge in [-0.25, -0.2) is 9.67 Å². The topological polar surface area (TPSA) is 52.0 Å². The van der Waals surface area contributed by atoms with Gasteiger partial charge in [-0.1, -0.05) is 20.8 Å². The Morgan fingerprint density at radius 1 is 1.50 bits per heavy atom. The lowest BCUT2D eigenvalue weighted by Crippen LogP contribution is -2.50. The van der Waals surface area contributed by atoms with Gasteiger partial charge in [0.1, 0.15) is 12.2 Å². The van der Waals surface area contributed by atoms with Crippen LogP contribution in [0.15, 0.2) is 6.33 Å². The second-order valence-electron chi connectivity index (χ2n) is 6.33. The first-order valence-electron chi connectivity index (χ1n) is 7.79. The molecule has 1 aliphatic heterocycles. The number of ether oxygens (including phenoxy) is 1. The molecule has 5 nitrogen and oxygen atoms in total. The number of aromatic nitrogens is 3. The monoisotopic (exact) mass is 280 g/mol. The van der Waals surface area contributed by atoms with E-state index in [2.05, 4.69) is 43.1 Å². The third-order valence-corrected chi connectivity index (χ3v) is 4.06. The van der Waals surface area contributed by atoms with Gasteiger partial charge in [0, 0.05) is 25.6 Å². The van der Waals surface area contributed by atoms with Crippen LogP contribution < -0.4 is 5.32 Å². The minimum Gasteiger partial charge on any atom is -0.374 e. The Kier molecular flexibility index (Phi) is 5.16. The van der Waals surface area contributed by atoms with Gasteiger partial charge >= 0.3 is 0 Å². The van der Waals surface area contributed by atoms with E-state index in [0.29, 0.717) is 12.0 Å². The van der Waals surface area contributed by atoms with Crippen LogP contribution in [0.25, 0.3) is 0 Å². The fraction of sp³-hybridized carbons (Fsp3) is 0.867. The van der Waals surface area contributed by atoms with Gasteiger partial charge in [0.05, 0.1) is 5.60 Å². The quantitative estimate of drug-likeness (QED) is 0.830. The zero-order valence-electron chi connectivity index (χ0n) is 13.2. The summed E-state index contributed by atoms with van der Waals surface area (Å²) in [6.07, 6.45) is 4.80. The van der Waals surface area contributed by atoms with Gasteiger partial charge in [0.2, 0.25) is 0 Å². The molecule has 0 bridgehead atoms. The number of nitrogens with zero attached hydrogens (tertiary/aromatic N) is 3. The van der Waals surface area contributed by atoms with Crippen LogP contribution in [0.3, 0.4) is 0 Å². The predicted octanol–water partition coefficient (Wildman–Crippen LogP) is 2.02. The Hall–Kier alpha value is -0.940. The fourth-order valence-corrected chi connectivity index (χ4v) is 2.95. The van der Waals surface area contributed by atoms with E-state index in [0.717, 1.165) is 44.8 Å². The van der Waals surface area contributed by atoms with E-state index >= 15 is 0 Å². The number of nitrogens with one attached hydrogen (secondary N) is 1. The van der Waals surface area contributed by atoms with Gasteiger partial charge < -0.3 is 10.1 Å². The molecule has 2 heterocycles. The molecule has 114 valence electrons. The molecule has 0 amide bonds. The normalized spacial score (nSPS) is 24.4. The van der Waals surface area contributed by atoms with Crippen molar-refractivity contribution < 1.29 is 4.74 Å². The van der Waals surface area contributed by atoms with E-state index in [1.54, 1.807) is 6.33 Å². The number of hydrogen-bond acceptors (Lipinski definition) is 4. The Balaban J connectivity index is 2.10. The Bertz CT molecular complexity index is 410. The standard InChI is InChI=1S/C15H28N4O/c1-5-16-13(15(4)7-6-8-20-15)9-14-17-11-18-19(14)10-12(2)3/h11-13,16H,5-10H2,1-4H3. The molecule has 20 heavy (non-hydrogen) atoms. The summed E-state index contributed by atoms with van der Waals surface area (Å²) in [5.41, 5.74) is -0.0787. The maximum absolute atomic E-state index is 6.00. The molecule has 0 radical (unpaired) electrons. The van der Waals surface area contributed by atoms with E-state index in [-0.39, 0.29) is 5.60 Å². The summed E-state index contributed by atoms with van der Waals surface area (Å²) in [5, 5.41) is 7.93. The fourth-order valence-electron chi connectivity index (χ4n) is 2.95. The molecule has 0 spiro atoms. The smallest absolute Gasteiger partial charge is 0.138 e. The average molecular weight is 280 g/mol. The van der Waals surface area contributed by atoms with Crippen molar-refractivity contribution in [2.24, 2.45) is 5.92 Å². The molecule has 1 aromatic heterocycles. The molecule has 1 aromatic rings. The van der Waals surface area contributed by atoms with Crippen LogP contribution in [0.2, 0.25) is 0 Å². The molecule has 2 rings (SSSR count). The third kappa shape index (κ3) is 3.58. The van der Waals surface area contributed by atoms with E-state index in [1.165, 1.54) is 0 Å². The van der Waals surface area contributed by atoms with Crippen molar-refractivity contribution >= 4 is 0 Å². The Morgan fingerprint density at radius 2 is 2.30 bits per heavy atom. The maximum atomic E-state index is 6.00. The van der Waals surface area contributed by atoms with Crippen molar-refractivity contribution in [3.63, 3.8) is 0 Å². The lowest BCUT2D eigenvalue weighted by molar-refractivity contribution is -0.0118. The highest BCUT2D eigenvalue weighted by molar-refractivity contribution is 5.00. The molecule has 0 saturated carbocycles. The highest BCUT2D eigenvalue weighted by atomic mass is 16.5. The van der Waals surface area contributed by atoms with Crippen LogP contribution in [-0.4, -0.2) is 39.6 Å². The summed E-state index contributed by atoms with van der Waals surface area (Å²) in [6, 6.07) is 0.296. The molecular weight excluding hydrogens is 252 g/mol. The molecule has 2 atom stereocenters. The van der Waals surface area contributed by atoms with Gasteiger partial charge in [-0.3, -0.25) is 0 Å². The number of rotatable bonds is 7. The van der Waals surface area contributed by atoms with Gasteiger partial charge in [-0.2, -0.15) is 5.10 Å². The maximum Gasteiger partial charge on any atom is 0.138 e. The second-order valence-corrected chi connectivity index (χ2v) is 6.33. The molecule has 1 saturated heterocycles. The summed E-state index contributed by atoms with van der Waals surface area (Å²) in [4.78, 5) is 4.45. The summed E-state index contributed by atoms with van der Waals surface area (Å²) < 4.78 is 8.04. The van der Waals surface area contributed by atoms with Crippen molar-refractivity contribution in [2.45, 2.75) is 65.1 Å². The van der Waals surface area contributed by atoms with Crippen molar-refractivity contribution in [1.29, 1.82) is 0 Å². The largest absolute Gasteiger partial charge is 0.374 e. The zero-order chi connectivity index (χ0) is 14.6. The van der Waals surface area contributed by atoms with Gasteiger partial charge in [0.25, 0.3) is 0 Å². The molecule has 1 aliphatic rings. The van der Waals surface area contributed by atoms with Crippen molar-refractivity contribution in [3.8, 4) is 0 Å². The highest BCUT2D eigenvalue weighted by Crippen LogP contribution is 2.30. The molecule has 1 N–H and O–H groups in total. The lowest BCUT2D eigenvalue weighted by atomic mass is 9.90. The molecule has 0 aliphatic carbocycles. The van der Waals surface area contributed by atoms with E-state index in [1.807, 2.05) is 4.68 Å². The molecule has 0 aromatic carbocycles. The third-order valence-electron chi connectivity index (χ3n) is 4.06. The van der Waals surface area contributed by atoms with Gasteiger partial charge in [-0.15, -0.1) is 0 Å². The lowest BCUT2D eigenvalue weighted by Gasteiger charge is -2.33. The summed E-state index contributed by atoms with van der Waals surface area (Å²) in [7, 11) is 0. The van der Waals surface area contributed by atoms with Crippen LogP contribution in [0.1, 0.15) is 46.4 Å². The molecule has 5 heteroatoms. The minimum atomic E-state index is -0.0787. The minimum absolute atomic E-state index is 0.0787. The van der Waals surface area contributed by atoms with Crippen LogP contribution in [0, 0.1) is 5.92 Å². The van der Waals surface area contributed by atoms with Crippen LogP contribution in [0.4, 0.5) is 0 Å². The first-order chi connectivity index (χ1) is 9.55. The van der Waals surface area contributed by atoms with Gasteiger partial charge in [0.15, 0.2) is 0 Å². The molecule has 2 unspecified atom stereocenters. The highest BCUT2D eigenvalue weighted by Gasteiger charge is 2.38. The number of hydrogen-bond donors (Lipinski definition) is 1. The van der Waals surface area contributed by atoms with Crippen LogP contribution >= 0.6 is 0 Å². The van der Waals surface area contributed by atoms with Crippen molar-refractivity contribution in [1.82, 2.24) is 20.1 Å². The van der Waals surface area contributed by atoms with E-state index < -0.39 is 0 Å². The van der Waals surface area contributed by atoms with E-state index in [4.69, 9.17) is 4.74 Å². The van der Waals surface area contributed by atoms with Crippen LogP contribution in [-0.2, 0) is 17.7 Å². The number of likely N-dealkylation sites (N-methyl/N-ethyl adjacent to an activating group) is 1. The van der Waals surface area contributed by atoms with Crippen molar-refractivity contribution in [3.05, 3.63) is 12.2 Å². The second kappa shape index (κ2) is 6.68. The summed E-state index contributed by atoms with van der Waals surface area (Å²) >= 11 is 0. The average Bonchev–Trinajstić information content (AvgIpc) is 2.99. The first kappa shape index (κ1) is 15.4. The predicted molar refractivity (Wildman–Crippen MR) is 79.6 cm³/mol. The Morgan fingerprint density at radius 3 is 2.90 bits per heavy atom. The van der Waals surface area contributed by atoms with E-state index in [9.17, 15) is 0 Å². The zero-order valence-corrected chi connectivity index (χ0v) is 13.2. The van der Waals surface area contributed by atoms with Crippen LogP contribution in [0.5, 0.6) is 0 Å². The SMILES string of the molecule is CCNC(Cc1ncnn1CC(C)C)C1(C)CCCO1. The molecular formula is C15H28N4O. The molecule has 1 fully saturated rings. The summed E-state index contributed by atoms with van der Waals surface area (Å²) in [5.74, 6) is 1.63.